The van der Waals surface area contributed by atoms with Crippen LogP contribution < -0.4 is 16.6 Å². The van der Waals surface area contributed by atoms with E-state index in [1.807, 2.05) is 11.5 Å². The summed E-state index contributed by atoms with van der Waals surface area (Å²) in [6.45, 7) is 5.18. The molecule has 132 valence electrons. The molecule has 0 aliphatic rings. The number of nitrogens with zero attached hydrogens (tertiary/aromatic N) is 1. The second kappa shape index (κ2) is 7.23. The number of hydrogen-bond acceptors (Lipinski definition) is 5. The second-order valence-corrected chi connectivity index (χ2v) is 6.57. The molecule has 1 heterocycles. The van der Waals surface area contributed by atoms with E-state index in [1.54, 1.807) is 39.1 Å². The minimum absolute atomic E-state index is 0.154. The van der Waals surface area contributed by atoms with Crippen LogP contribution in [-0.2, 0) is 16.0 Å². The molecule has 2 aromatic rings. The summed E-state index contributed by atoms with van der Waals surface area (Å²) in [7, 11) is 0. The summed E-state index contributed by atoms with van der Waals surface area (Å²) in [6, 6.07) is 6.48. The van der Waals surface area contributed by atoms with E-state index in [4.69, 9.17) is 10.6 Å². The first-order valence-corrected chi connectivity index (χ1v) is 7.74. The van der Waals surface area contributed by atoms with E-state index in [-0.39, 0.29) is 6.42 Å². The summed E-state index contributed by atoms with van der Waals surface area (Å²) >= 11 is 0. The molecular formula is C17H21N5O3. The van der Waals surface area contributed by atoms with Crippen LogP contribution in [0, 0.1) is 11.3 Å². The molecule has 0 radical (unpaired) electrons. The van der Waals surface area contributed by atoms with Crippen molar-refractivity contribution in [2.75, 3.05) is 0 Å². The van der Waals surface area contributed by atoms with Gasteiger partial charge in [-0.1, -0.05) is 6.07 Å². The van der Waals surface area contributed by atoms with E-state index in [0.717, 1.165) is 11.1 Å². The van der Waals surface area contributed by atoms with Crippen LogP contribution in [0.4, 0.5) is 4.79 Å². The minimum Gasteiger partial charge on any atom is -0.444 e. The van der Waals surface area contributed by atoms with Crippen LogP contribution in [-0.4, -0.2) is 28.6 Å². The third-order valence-corrected chi connectivity index (χ3v) is 3.48. The zero-order chi connectivity index (χ0) is 18.6. The molecule has 25 heavy (non-hydrogen) atoms. The highest BCUT2D eigenvalue weighted by Crippen LogP contribution is 2.23. The first kappa shape index (κ1) is 18.3. The number of nitriles is 1. The number of amides is 2. The van der Waals surface area contributed by atoms with E-state index in [9.17, 15) is 14.9 Å². The fraction of sp³-hybridized carbons (Fsp3) is 0.353. The van der Waals surface area contributed by atoms with Crippen molar-refractivity contribution in [1.29, 1.82) is 5.26 Å². The van der Waals surface area contributed by atoms with Gasteiger partial charge in [-0.25, -0.2) is 10.6 Å². The zero-order valence-electron chi connectivity index (χ0n) is 14.3. The number of carbonyl (C=O) groups is 2. The standard InChI is InChI=1S/C17H21N5O3/c1-17(2,3)25-16(24)21-13(15(23)22-19)7-11-9-20-12-6-4-5-10(8-18)14(11)12/h4-6,9,13,20H,7,19H2,1-3H3,(H,21,24)(H,22,23). The number of hydrogen-bond donors (Lipinski definition) is 4. The topological polar surface area (TPSA) is 133 Å². The Labute approximate surface area is 145 Å². The molecule has 5 N–H and O–H groups in total. The van der Waals surface area contributed by atoms with Crippen LogP contribution in [0.15, 0.2) is 24.4 Å². The molecule has 1 aromatic carbocycles. The SMILES string of the molecule is CC(C)(C)OC(=O)NC(Cc1c[nH]c2cccc(C#N)c12)C(=O)NN. The first-order chi connectivity index (χ1) is 11.7. The predicted molar refractivity (Wildman–Crippen MR) is 92.2 cm³/mol. The van der Waals surface area contributed by atoms with Gasteiger partial charge < -0.3 is 15.0 Å². The smallest absolute Gasteiger partial charge is 0.408 e. The fourth-order valence-electron chi connectivity index (χ4n) is 2.49. The molecule has 0 saturated heterocycles. The molecule has 0 saturated carbocycles. The molecular weight excluding hydrogens is 322 g/mol. The lowest BCUT2D eigenvalue weighted by Crippen LogP contribution is -2.51. The number of nitrogens with two attached hydrogens (primary N) is 1. The molecule has 1 atom stereocenters. The van der Waals surface area contributed by atoms with Crippen LogP contribution in [0.3, 0.4) is 0 Å². The van der Waals surface area contributed by atoms with Crippen LogP contribution in [0.5, 0.6) is 0 Å². The van der Waals surface area contributed by atoms with Gasteiger partial charge in [0.1, 0.15) is 11.6 Å². The maximum Gasteiger partial charge on any atom is 0.408 e. The van der Waals surface area contributed by atoms with Crippen molar-refractivity contribution in [1.82, 2.24) is 15.7 Å². The lowest BCUT2D eigenvalue weighted by Gasteiger charge is -2.22. The third-order valence-electron chi connectivity index (χ3n) is 3.48. The van der Waals surface area contributed by atoms with Crippen molar-refractivity contribution in [3.8, 4) is 6.07 Å². The summed E-state index contributed by atoms with van der Waals surface area (Å²) in [6.07, 6.45) is 1.14. The number of benzene rings is 1. The molecule has 2 amide bonds. The Morgan fingerprint density at radius 2 is 2.12 bits per heavy atom. The van der Waals surface area contributed by atoms with Gasteiger partial charge >= 0.3 is 6.09 Å². The highest BCUT2D eigenvalue weighted by atomic mass is 16.6. The molecule has 2 rings (SSSR count). The number of fused-ring (bicyclic) bond motifs is 1. The number of hydrazine groups is 1. The molecule has 0 spiro atoms. The Hall–Kier alpha value is -3.05. The molecule has 0 fully saturated rings. The van der Waals surface area contributed by atoms with Crippen molar-refractivity contribution in [2.45, 2.75) is 38.8 Å². The highest BCUT2D eigenvalue weighted by Gasteiger charge is 2.25. The number of aromatic amines is 1. The maximum absolute atomic E-state index is 12.0. The minimum atomic E-state index is -0.939. The van der Waals surface area contributed by atoms with E-state index >= 15 is 0 Å². The molecule has 0 aliphatic heterocycles. The van der Waals surface area contributed by atoms with Crippen molar-refractivity contribution < 1.29 is 14.3 Å². The first-order valence-electron chi connectivity index (χ1n) is 7.74. The monoisotopic (exact) mass is 343 g/mol. The van der Waals surface area contributed by atoms with Gasteiger partial charge in [0.25, 0.3) is 5.91 Å². The Bertz CT molecular complexity index is 829. The van der Waals surface area contributed by atoms with Gasteiger partial charge in [0.2, 0.25) is 0 Å². The lowest BCUT2D eigenvalue weighted by molar-refractivity contribution is -0.123. The second-order valence-electron chi connectivity index (χ2n) is 6.57. The summed E-state index contributed by atoms with van der Waals surface area (Å²) < 4.78 is 5.18. The number of nitrogens with one attached hydrogen (secondary N) is 3. The quantitative estimate of drug-likeness (QED) is 0.379. The van der Waals surface area contributed by atoms with Crippen molar-refractivity contribution in [3.63, 3.8) is 0 Å². The molecule has 8 nitrogen and oxygen atoms in total. The van der Waals surface area contributed by atoms with Crippen LogP contribution in [0.1, 0.15) is 31.9 Å². The molecule has 0 aliphatic carbocycles. The third kappa shape index (κ3) is 4.49. The van der Waals surface area contributed by atoms with E-state index in [0.29, 0.717) is 10.9 Å². The van der Waals surface area contributed by atoms with Crippen LogP contribution in [0.25, 0.3) is 10.9 Å². The molecule has 1 aromatic heterocycles. The summed E-state index contributed by atoms with van der Waals surface area (Å²) in [5.74, 6) is 4.66. The number of aromatic nitrogens is 1. The number of alkyl carbamates (subject to hydrolysis) is 1. The van der Waals surface area contributed by atoms with Crippen LogP contribution >= 0.6 is 0 Å². The van der Waals surface area contributed by atoms with E-state index in [1.165, 1.54) is 0 Å². The fourth-order valence-corrected chi connectivity index (χ4v) is 2.49. The van der Waals surface area contributed by atoms with Crippen molar-refractivity contribution in [3.05, 3.63) is 35.5 Å². The number of rotatable bonds is 4. The van der Waals surface area contributed by atoms with E-state index < -0.39 is 23.6 Å². The Morgan fingerprint density at radius 1 is 1.40 bits per heavy atom. The highest BCUT2D eigenvalue weighted by molar-refractivity contribution is 5.91. The number of carbonyl (C=O) groups excluding carboxylic acids is 2. The molecule has 1 unspecified atom stereocenters. The van der Waals surface area contributed by atoms with Crippen LogP contribution in [0.2, 0.25) is 0 Å². The largest absolute Gasteiger partial charge is 0.444 e. The number of ether oxygens (including phenoxy) is 1. The van der Waals surface area contributed by atoms with Gasteiger partial charge in [0.15, 0.2) is 0 Å². The summed E-state index contributed by atoms with van der Waals surface area (Å²) in [4.78, 5) is 27.1. The number of H-pyrrole nitrogens is 1. The summed E-state index contributed by atoms with van der Waals surface area (Å²) in [5.41, 5.74) is 3.33. The average molecular weight is 343 g/mol. The average Bonchev–Trinajstić information content (AvgIpc) is 2.94. The predicted octanol–water partition coefficient (Wildman–Crippen LogP) is 1.47. The normalized spacial score (nSPS) is 12.3. The van der Waals surface area contributed by atoms with Gasteiger partial charge in [-0.2, -0.15) is 5.26 Å². The summed E-state index contributed by atoms with van der Waals surface area (Å²) in [5, 5.41) is 12.5. The van der Waals surface area contributed by atoms with Gasteiger partial charge in [-0.3, -0.25) is 10.2 Å². The van der Waals surface area contributed by atoms with Gasteiger partial charge in [-0.15, -0.1) is 0 Å². The van der Waals surface area contributed by atoms with Gasteiger partial charge in [0, 0.05) is 23.5 Å². The van der Waals surface area contributed by atoms with Gasteiger partial charge in [-0.05, 0) is 38.5 Å². The Balaban J connectivity index is 2.28. The van der Waals surface area contributed by atoms with Gasteiger partial charge in [0.05, 0.1) is 11.6 Å². The maximum atomic E-state index is 12.0. The van der Waals surface area contributed by atoms with E-state index in [2.05, 4.69) is 16.4 Å². The lowest BCUT2D eigenvalue weighted by atomic mass is 10.0. The zero-order valence-corrected chi connectivity index (χ0v) is 14.3. The van der Waals surface area contributed by atoms with Crippen molar-refractivity contribution >= 4 is 22.9 Å². The molecule has 8 heteroatoms. The Kier molecular flexibility index (Phi) is 5.29. The Morgan fingerprint density at radius 3 is 2.72 bits per heavy atom. The van der Waals surface area contributed by atoms with Crippen molar-refractivity contribution in [2.24, 2.45) is 5.84 Å². The molecule has 0 bridgehead atoms.